The number of sulfonamides is 1. The Balaban J connectivity index is 3.44. The Morgan fingerprint density at radius 2 is 1.76 bits per heavy atom. The third-order valence-electron chi connectivity index (χ3n) is 3.97. The Kier molecular flexibility index (Phi) is 5.83. The first-order valence-electron chi connectivity index (χ1n) is 6.97. The van der Waals surface area contributed by atoms with Gasteiger partial charge in [0.25, 0.3) is 0 Å². The van der Waals surface area contributed by atoms with Crippen LogP contribution in [-0.4, -0.2) is 31.4 Å². The third kappa shape index (κ3) is 3.25. The fraction of sp³-hybridized carbons (Fsp3) is 0.571. The summed E-state index contributed by atoms with van der Waals surface area (Å²) in [5.41, 5.74) is 5.01. The van der Waals surface area contributed by atoms with Crippen molar-refractivity contribution in [3.63, 3.8) is 0 Å². The van der Waals surface area contributed by atoms with Gasteiger partial charge in [-0.15, -0.1) is 0 Å². The Labute approximate surface area is 125 Å². The maximum Gasteiger partial charge on any atom is 0.246 e. The molecule has 21 heavy (non-hydrogen) atoms. The predicted molar refractivity (Wildman–Crippen MR) is 78.3 cm³/mol. The number of rotatable bonds is 7. The summed E-state index contributed by atoms with van der Waals surface area (Å²) in [6.07, 6.45) is 1.02. The van der Waals surface area contributed by atoms with E-state index in [4.69, 9.17) is 5.73 Å². The summed E-state index contributed by atoms with van der Waals surface area (Å²) in [4.78, 5) is -0.523. The zero-order chi connectivity index (χ0) is 16.3. The number of hydrogen-bond acceptors (Lipinski definition) is 3. The second-order valence-corrected chi connectivity index (χ2v) is 6.71. The number of halogens is 2. The SMILES string of the molecule is CCN(C(CC)(CC)CN)S(=O)(=O)c1ccc(F)cc1F. The van der Waals surface area contributed by atoms with Crippen LogP contribution in [0.15, 0.2) is 23.1 Å². The van der Waals surface area contributed by atoms with Gasteiger partial charge < -0.3 is 5.73 Å². The minimum atomic E-state index is -4.08. The van der Waals surface area contributed by atoms with Gasteiger partial charge in [0.15, 0.2) is 0 Å². The summed E-state index contributed by atoms with van der Waals surface area (Å²) >= 11 is 0. The molecule has 0 atom stereocenters. The van der Waals surface area contributed by atoms with Crippen molar-refractivity contribution in [3.8, 4) is 0 Å². The maximum atomic E-state index is 13.9. The van der Waals surface area contributed by atoms with Crippen LogP contribution in [0.5, 0.6) is 0 Å². The molecule has 0 aromatic heterocycles. The van der Waals surface area contributed by atoms with Crippen molar-refractivity contribution < 1.29 is 17.2 Å². The van der Waals surface area contributed by atoms with Crippen LogP contribution in [0, 0.1) is 11.6 Å². The lowest BCUT2D eigenvalue weighted by atomic mass is 9.93. The van der Waals surface area contributed by atoms with Crippen molar-refractivity contribution in [2.24, 2.45) is 5.73 Å². The van der Waals surface area contributed by atoms with E-state index in [1.54, 1.807) is 6.92 Å². The van der Waals surface area contributed by atoms with Crippen LogP contribution < -0.4 is 5.73 Å². The standard InChI is InChI=1S/C14H22F2N2O2S/c1-4-14(5-2,10-17)18(6-3)21(19,20)13-8-7-11(15)9-12(13)16/h7-9H,4-6,10,17H2,1-3H3. The summed E-state index contributed by atoms with van der Waals surface area (Å²) in [5, 5.41) is 0. The normalized spacial score (nSPS) is 12.9. The van der Waals surface area contributed by atoms with Gasteiger partial charge in [-0.25, -0.2) is 17.2 Å². The summed E-state index contributed by atoms with van der Waals surface area (Å²) < 4.78 is 53.5. The van der Waals surface area contributed by atoms with E-state index in [0.29, 0.717) is 18.9 Å². The molecule has 0 unspecified atom stereocenters. The van der Waals surface area contributed by atoms with Gasteiger partial charge in [0.1, 0.15) is 16.5 Å². The molecule has 0 aliphatic heterocycles. The largest absolute Gasteiger partial charge is 0.329 e. The Bertz CT molecular complexity index is 578. The van der Waals surface area contributed by atoms with E-state index in [1.165, 1.54) is 4.31 Å². The highest BCUT2D eigenvalue weighted by atomic mass is 32.2. The number of hydrogen-bond donors (Lipinski definition) is 1. The molecule has 0 aliphatic carbocycles. The molecule has 4 nitrogen and oxygen atoms in total. The molecule has 7 heteroatoms. The zero-order valence-corrected chi connectivity index (χ0v) is 13.4. The first-order valence-corrected chi connectivity index (χ1v) is 8.41. The van der Waals surface area contributed by atoms with E-state index in [-0.39, 0.29) is 13.1 Å². The fourth-order valence-corrected chi connectivity index (χ4v) is 4.52. The van der Waals surface area contributed by atoms with Crippen LogP contribution in [0.2, 0.25) is 0 Å². The number of nitrogens with two attached hydrogens (primary N) is 1. The second kappa shape index (κ2) is 6.81. The molecular weight excluding hydrogens is 298 g/mol. The molecule has 2 N–H and O–H groups in total. The lowest BCUT2D eigenvalue weighted by molar-refractivity contribution is 0.184. The van der Waals surface area contributed by atoms with Crippen molar-refractivity contribution in [1.82, 2.24) is 4.31 Å². The van der Waals surface area contributed by atoms with E-state index in [1.807, 2.05) is 13.8 Å². The molecule has 0 fully saturated rings. The van der Waals surface area contributed by atoms with Crippen LogP contribution in [0.25, 0.3) is 0 Å². The van der Waals surface area contributed by atoms with Gasteiger partial charge in [0.2, 0.25) is 10.0 Å². The number of benzene rings is 1. The summed E-state index contributed by atoms with van der Waals surface area (Å²) in [7, 11) is -4.08. The average molecular weight is 320 g/mol. The lowest BCUT2D eigenvalue weighted by Gasteiger charge is -2.40. The first-order chi connectivity index (χ1) is 9.78. The van der Waals surface area contributed by atoms with Gasteiger partial charge in [-0.3, -0.25) is 0 Å². The van der Waals surface area contributed by atoms with Gasteiger partial charge >= 0.3 is 0 Å². The molecule has 1 aromatic rings. The molecule has 0 bridgehead atoms. The minimum Gasteiger partial charge on any atom is -0.329 e. The Morgan fingerprint density at radius 1 is 1.19 bits per heavy atom. The van der Waals surface area contributed by atoms with Crippen LogP contribution in [-0.2, 0) is 10.0 Å². The minimum absolute atomic E-state index is 0.135. The maximum absolute atomic E-state index is 13.9. The van der Waals surface area contributed by atoms with Gasteiger partial charge in [-0.1, -0.05) is 20.8 Å². The van der Waals surface area contributed by atoms with Crippen molar-refractivity contribution in [2.45, 2.75) is 44.0 Å². The molecule has 0 spiro atoms. The average Bonchev–Trinajstić information content (AvgIpc) is 2.44. The molecule has 1 aromatic carbocycles. The highest BCUT2D eigenvalue weighted by Crippen LogP contribution is 2.30. The van der Waals surface area contributed by atoms with Gasteiger partial charge in [0, 0.05) is 24.7 Å². The molecule has 1 rings (SSSR count). The monoisotopic (exact) mass is 320 g/mol. The van der Waals surface area contributed by atoms with E-state index >= 15 is 0 Å². The van der Waals surface area contributed by atoms with Crippen molar-refractivity contribution in [2.75, 3.05) is 13.1 Å². The molecular formula is C14H22F2N2O2S. The van der Waals surface area contributed by atoms with Crippen LogP contribution in [0.3, 0.4) is 0 Å². The third-order valence-corrected chi connectivity index (χ3v) is 6.09. The van der Waals surface area contributed by atoms with Crippen LogP contribution >= 0.6 is 0 Å². The molecule has 0 saturated heterocycles. The van der Waals surface area contributed by atoms with E-state index < -0.39 is 32.1 Å². The molecule has 0 radical (unpaired) electrons. The number of likely N-dealkylation sites (N-methyl/N-ethyl adjacent to an activating group) is 1. The molecule has 120 valence electrons. The summed E-state index contributed by atoms with van der Waals surface area (Å²) in [6, 6.07) is 2.46. The topological polar surface area (TPSA) is 63.4 Å². The zero-order valence-electron chi connectivity index (χ0n) is 12.6. The Morgan fingerprint density at radius 3 is 2.14 bits per heavy atom. The predicted octanol–water partition coefficient (Wildman–Crippen LogP) is 2.49. The smallest absolute Gasteiger partial charge is 0.246 e. The van der Waals surface area contributed by atoms with E-state index in [0.717, 1.165) is 12.1 Å². The molecule has 0 amide bonds. The highest BCUT2D eigenvalue weighted by molar-refractivity contribution is 7.89. The fourth-order valence-electron chi connectivity index (χ4n) is 2.56. The van der Waals surface area contributed by atoms with Crippen molar-refractivity contribution in [1.29, 1.82) is 0 Å². The van der Waals surface area contributed by atoms with Crippen molar-refractivity contribution >= 4 is 10.0 Å². The summed E-state index contributed by atoms with van der Waals surface area (Å²) in [6.45, 7) is 5.66. The molecule has 0 saturated carbocycles. The van der Waals surface area contributed by atoms with Gasteiger partial charge in [0.05, 0.1) is 0 Å². The summed E-state index contributed by atoms with van der Waals surface area (Å²) in [5.74, 6) is -1.91. The lowest BCUT2D eigenvalue weighted by Crippen LogP contribution is -2.55. The van der Waals surface area contributed by atoms with E-state index in [2.05, 4.69) is 0 Å². The van der Waals surface area contributed by atoms with Gasteiger partial charge in [-0.2, -0.15) is 4.31 Å². The molecule has 0 heterocycles. The number of nitrogens with zero attached hydrogens (tertiary/aromatic N) is 1. The van der Waals surface area contributed by atoms with E-state index in [9.17, 15) is 17.2 Å². The Hall–Kier alpha value is -1.05. The van der Waals surface area contributed by atoms with Gasteiger partial charge in [-0.05, 0) is 25.0 Å². The highest BCUT2D eigenvalue weighted by Gasteiger charge is 2.40. The molecule has 0 aliphatic rings. The quantitative estimate of drug-likeness (QED) is 0.839. The first kappa shape index (κ1) is 18.0. The van der Waals surface area contributed by atoms with Crippen LogP contribution in [0.4, 0.5) is 8.78 Å². The second-order valence-electron chi connectivity index (χ2n) is 4.88. The van der Waals surface area contributed by atoms with Crippen LogP contribution in [0.1, 0.15) is 33.6 Å². The van der Waals surface area contributed by atoms with Crippen molar-refractivity contribution in [3.05, 3.63) is 29.8 Å².